The van der Waals surface area contributed by atoms with Crippen molar-refractivity contribution in [2.45, 2.75) is 13.0 Å². The van der Waals surface area contributed by atoms with Crippen molar-refractivity contribution in [3.63, 3.8) is 0 Å². The van der Waals surface area contributed by atoms with Crippen LogP contribution >= 0.6 is 0 Å². The Balaban J connectivity index is 1.53. The molecule has 0 aliphatic carbocycles. The number of aromatic amines is 2. The Hall–Kier alpha value is -4.44. The van der Waals surface area contributed by atoms with Gasteiger partial charge in [-0.25, -0.2) is 4.79 Å². The number of carboxylic acids is 1. The van der Waals surface area contributed by atoms with Crippen LogP contribution < -0.4 is 16.6 Å². The van der Waals surface area contributed by atoms with E-state index in [-0.39, 0.29) is 29.4 Å². The Labute approximate surface area is 187 Å². The van der Waals surface area contributed by atoms with Gasteiger partial charge in [-0.1, -0.05) is 18.2 Å². The van der Waals surface area contributed by atoms with E-state index >= 15 is 0 Å². The first-order valence-electron chi connectivity index (χ1n) is 9.97. The molecule has 0 saturated heterocycles. The van der Waals surface area contributed by atoms with Crippen molar-refractivity contribution in [2.24, 2.45) is 0 Å². The minimum absolute atomic E-state index is 0.0152. The highest BCUT2D eigenvalue weighted by Gasteiger charge is 2.15. The predicted molar refractivity (Wildman–Crippen MR) is 122 cm³/mol. The summed E-state index contributed by atoms with van der Waals surface area (Å²) >= 11 is 0. The molecule has 4 aromatic rings. The van der Waals surface area contributed by atoms with Gasteiger partial charge in [0, 0.05) is 18.9 Å². The maximum Gasteiger partial charge on any atom is 0.337 e. The quantitative estimate of drug-likeness (QED) is 0.290. The molecule has 1 amide bonds. The summed E-state index contributed by atoms with van der Waals surface area (Å²) in [7, 11) is 1.53. The number of fused-ring (bicyclic) bond motifs is 1. The Morgan fingerprint density at radius 1 is 1.15 bits per heavy atom. The van der Waals surface area contributed by atoms with Crippen LogP contribution in [0.2, 0.25) is 0 Å². The molecule has 10 nitrogen and oxygen atoms in total. The molecule has 0 aliphatic heterocycles. The summed E-state index contributed by atoms with van der Waals surface area (Å²) in [6, 6.07) is 11.5. The number of ether oxygens (including phenoxy) is 1. The second-order valence-corrected chi connectivity index (χ2v) is 7.43. The van der Waals surface area contributed by atoms with Gasteiger partial charge < -0.3 is 25.9 Å². The number of rotatable bonds is 7. The fourth-order valence-corrected chi connectivity index (χ4v) is 3.59. The number of carbonyl (C=O) groups is 2. The van der Waals surface area contributed by atoms with Gasteiger partial charge in [0.05, 0.1) is 23.2 Å². The predicted octanol–water partition coefficient (Wildman–Crippen LogP) is 2.52. The average molecular weight is 447 g/mol. The third-order valence-corrected chi connectivity index (χ3v) is 5.13. The van der Waals surface area contributed by atoms with Gasteiger partial charge in [0.1, 0.15) is 5.65 Å². The third kappa shape index (κ3) is 4.60. The minimum atomic E-state index is -1.14. The largest absolute Gasteiger partial charge is 0.478 e. The topological polar surface area (TPSA) is 163 Å². The number of carboxylic acid groups (broad SMARTS) is 1. The van der Waals surface area contributed by atoms with Crippen molar-refractivity contribution < 1.29 is 19.4 Å². The molecule has 0 spiro atoms. The highest BCUT2D eigenvalue weighted by Crippen LogP contribution is 2.21. The monoisotopic (exact) mass is 447 g/mol. The average Bonchev–Trinajstić information content (AvgIpc) is 3.17. The lowest BCUT2D eigenvalue weighted by Crippen LogP contribution is -2.15. The fourth-order valence-electron chi connectivity index (χ4n) is 3.59. The van der Waals surface area contributed by atoms with Gasteiger partial charge in [-0.05, 0) is 47.4 Å². The smallest absolute Gasteiger partial charge is 0.337 e. The fraction of sp³-hybridized carbons (Fsp3) is 0.130. The highest BCUT2D eigenvalue weighted by atomic mass is 16.5. The number of H-pyrrole nitrogens is 2. The van der Waals surface area contributed by atoms with Crippen molar-refractivity contribution in [3.8, 4) is 0 Å². The lowest BCUT2D eigenvalue weighted by Gasteiger charge is -2.11. The molecule has 0 aliphatic rings. The first-order valence-corrected chi connectivity index (χ1v) is 9.97. The molecule has 2 heterocycles. The summed E-state index contributed by atoms with van der Waals surface area (Å²) in [4.78, 5) is 46.0. The summed E-state index contributed by atoms with van der Waals surface area (Å²) in [5.74, 6) is -1.55. The number of hydrogen-bond acceptors (Lipinski definition) is 6. The van der Waals surface area contributed by atoms with Crippen LogP contribution in [0.4, 0.5) is 11.6 Å². The molecule has 168 valence electrons. The second-order valence-electron chi connectivity index (χ2n) is 7.43. The lowest BCUT2D eigenvalue weighted by molar-refractivity contribution is 0.0698. The number of methoxy groups -OCH3 is 1. The SMILES string of the molecule is COCc1ccc(C(=O)O)c(NC(=O)c2ccc(Cc3c[nH]c4nc(N)[nH]c(=O)c34)cc2)c1. The van der Waals surface area contributed by atoms with Crippen molar-refractivity contribution in [2.75, 3.05) is 18.2 Å². The minimum Gasteiger partial charge on any atom is -0.478 e. The van der Waals surface area contributed by atoms with Gasteiger partial charge in [-0.3, -0.25) is 14.6 Å². The molecular weight excluding hydrogens is 426 g/mol. The van der Waals surface area contributed by atoms with Crippen molar-refractivity contribution in [3.05, 3.63) is 86.8 Å². The molecule has 0 fully saturated rings. The molecule has 33 heavy (non-hydrogen) atoms. The van der Waals surface area contributed by atoms with Crippen LogP contribution in [-0.4, -0.2) is 39.0 Å². The summed E-state index contributed by atoms with van der Waals surface area (Å²) in [5, 5.41) is 12.5. The molecule has 4 rings (SSSR count). The molecular formula is C23H21N5O5. The molecule has 2 aromatic carbocycles. The van der Waals surface area contributed by atoms with E-state index in [9.17, 15) is 19.5 Å². The zero-order valence-corrected chi connectivity index (χ0v) is 17.6. The first-order chi connectivity index (χ1) is 15.9. The molecule has 0 unspecified atom stereocenters. The van der Waals surface area contributed by atoms with E-state index in [1.165, 1.54) is 13.2 Å². The number of aromatic nitrogens is 3. The van der Waals surface area contributed by atoms with Crippen LogP contribution in [0, 0.1) is 0 Å². The van der Waals surface area contributed by atoms with Crippen LogP contribution in [0.3, 0.4) is 0 Å². The third-order valence-electron chi connectivity index (χ3n) is 5.13. The number of nitrogens with two attached hydrogens (primary N) is 1. The van der Waals surface area contributed by atoms with Gasteiger partial charge in [0.25, 0.3) is 11.5 Å². The van der Waals surface area contributed by atoms with Crippen molar-refractivity contribution in [1.29, 1.82) is 0 Å². The highest BCUT2D eigenvalue weighted by molar-refractivity contribution is 6.07. The van der Waals surface area contributed by atoms with Crippen molar-refractivity contribution >= 4 is 34.5 Å². The van der Waals surface area contributed by atoms with Crippen LogP contribution in [0.15, 0.2) is 53.5 Å². The van der Waals surface area contributed by atoms with Gasteiger partial charge in [0.2, 0.25) is 5.95 Å². The molecule has 0 atom stereocenters. The Kier molecular flexibility index (Phi) is 5.92. The zero-order chi connectivity index (χ0) is 23.5. The van der Waals surface area contributed by atoms with Gasteiger partial charge >= 0.3 is 5.97 Å². The van der Waals surface area contributed by atoms with Crippen LogP contribution in [0.5, 0.6) is 0 Å². The standard InChI is InChI=1S/C23H21N5O5/c1-33-11-13-4-7-16(22(31)32)17(9-13)26-20(29)14-5-2-12(3-6-14)8-15-10-25-19-18(15)21(30)28-23(24)27-19/h2-7,9-10H,8,11H2,1H3,(H,26,29)(H,31,32)(H4,24,25,27,28,30). The summed E-state index contributed by atoms with van der Waals surface area (Å²) in [6.45, 7) is 0.288. The maximum atomic E-state index is 12.7. The number of amides is 1. The molecule has 2 aromatic heterocycles. The van der Waals surface area contributed by atoms with Gasteiger partial charge in [-0.15, -0.1) is 0 Å². The number of carbonyl (C=O) groups excluding carboxylic acids is 1. The zero-order valence-electron chi connectivity index (χ0n) is 17.6. The van der Waals surface area contributed by atoms with E-state index in [0.29, 0.717) is 23.0 Å². The molecule has 6 N–H and O–H groups in total. The summed E-state index contributed by atoms with van der Waals surface area (Å²) in [6.07, 6.45) is 2.15. The maximum absolute atomic E-state index is 12.7. The van der Waals surface area contributed by atoms with E-state index in [0.717, 1.165) is 16.7 Å². The Morgan fingerprint density at radius 3 is 2.58 bits per heavy atom. The van der Waals surface area contributed by atoms with Crippen LogP contribution in [0.25, 0.3) is 11.0 Å². The van der Waals surface area contributed by atoms with Crippen LogP contribution in [0.1, 0.15) is 37.4 Å². The molecule has 0 saturated carbocycles. The van der Waals surface area contributed by atoms with E-state index in [4.69, 9.17) is 10.5 Å². The Bertz CT molecular complexity index is 1410. The summed E-state index contributed by atoms with van der Waals surface area (Å²) < 4.78 is 5.07. The van der Waals surface area contributed by atoms with Crippen LogP contribution in [-0.2, 0) is 17.8 Å². The number of hydrogen-bond donors (Lipinski definition) is 5. The van der Waals surface area contributed by atoms with Crippen molar-refractivity contribution in [1.82, 2.24) is 15.0 Å². The number of nitrogen functional groups attached to an aromatic ring is 1. The van der Waals surface area contributed by atoms with Gasteiger partial charge in [0.15, 0.2) is 0 Å². The van der Waals surface area contributed by atoms with Gasteiger partial charge in [-0.2, -0.15) is 4.98 Å². The molecule has 10 heteroatoms. The molecule has 0 radical (unpaired) electrons. The number of aromatic carboxylic acids is 1. The number of nitrogens with zero attached hydrogens (tertiary/aromatic N) is 1. The van der Waals surface area contributed by atoms with E-state index < -0.39 is 11.9 Å². The normalized spacial score (nSPS) is 10.9. The molecule has 0 bridgehead atoms. The lowest BCUT2D eigenvalue weighted by atomic mass is 10.0. The summed E-state index contributed by atoms with van der Waals surface area (Å²) in [5.41, 5.74) is 8.55. The van der Waals surface area contributed by atoms with E-state index in [1.54, 1.807) is 42.6 Å². The second kappa shape index (κ2) is 8.97. The number of nitrogens with one attached hydrogen (secondary N) is 3. The number of benzene rings is 2. The Morgan fingerprint density at radius 2 is 1.88 bits per heavy atom. The van der Waals surface area contributed by atoms with E-state index in [2.05, 4.69) is 20.3 Å². The number of anilines is 2. The van der Waals surface area contributed by atoms with E-state index in [1.807, 2.05) is 0 Å². The first kappa shape index (κ1) is 21.8.